The van der Waals surface area contributed by atoms with Crippen LogP contribution in [0.1, 0.15) is 11.3 Å². The van der Waals surface area contributed by atoms with Gasteiger partial charge in [0.1, 0.15) is 11.5 Å². The number of imidazole rings is 1. The van der Waals surface area contributed by atoms with E-state index in [-0.39, 0.29) is 0 Å². The summed E-state index contributed by atoms with van der Waals surface area (Å²) in [7, 11) is 3.28. The molecule has 0 aliphatic heterocycles. The van der Waals surface area contributed by atoms with Gasteiger partial charge < -0.3 is 14.5 Å². The molecular formula is C13H14N2O2. The SMILES string of the molecule is COc1cccc(OC)c1C=Cc1c[nH]cn1. The fourth-order valence-electron chi connectivity index (χ4n) is 1.58. The highest BCUT2D eigenvalue weighted by Crippen LogP contribution is 2.29. The molecule has 4 heteroatoms. The van der Waals surface area contributed by atoms with Crippen molar-refractivity contribution < 1.29 is 9.47 Å². The average molecular weight is 230 g/mol. The lowest BCUT2D eigenvalue weighted by molar-refractivity contribution is 0.392. The fourth-order valence-corrected chi connectivity index (χ4v) is 1.58. The van der Waals surface area contributed by atoms with Crippen molar-refractivity contribution in [2.24, 2.45) is 0 Å². The lowest BCUT2D eigenvalue weighted by Gasteiger charge is -2.09. The molecule has 1 N–H and O–H groups in total. The summed E-state index contributed by atoms with van der Waals surface area (Å²) < 4.78 is 10.6. The van der Waals surface area contributed by atoms with Crippen LogP contribution in [0, 0.1) is 0 Å². The predicted octanol–water partition coefficient (Wildman–Crippen LogP) is 2.60. The van der Waals surface area contributed by atoms with E-state index in [1.165, 1.54) is 0 Å². The Hall–Kier alpha value is -2.23. The summed E-state index contributed by atoms with van der Waals surface area (Å²) >= 11 is 0. The van der Waals surface area contributed by atoms with Gasteiger partial charge in [0, 0.05) is 6.20 Å². The highest BCUT2D eigenvalue weighted by molar-refractivity contribution is 5.74. The van der Waals surface area contributed by atoms with Gasteiger partial charge in [-0.1, -0.05) is 6.07 Å². The largest absolute Gasteiger partial charge is 0.496 e. The van der Waals surface area contributed by atoms with Crippen LogP contribution in [0.15, 0.2) is 30.7 Å². The summed E-state index contributed by atoms with van der Waals surface area (Å²) in [6.07, 6.45) is 7.28. The van der Waals surface area contributed by atoms with E-state index >= 15 is 0 Å². The Morgan fingerprint density at radius 2 is 1.82 bits per heavy atom. The van der Waals surface area contributed by atoms with Gasteiger partial charge in [0.25, 0.3) is 0 Å². The van der Waals surface area contributed by atoms with Gasteiger partial charge in [0.2, 0.25) is 0 Å². The Kier molecular flexibility index (Phi) is 3.45. The van der Waals surface area contributed by atoms with Gasteiger partial charge in [-0.3, -0.25) is 0 Å². The van der Waals surface area contributed by atoms with Crippen LogP contribution in [0.3, 0.4) is 0 Å². The van der Waals surface area contributed by atoms with Crippen molar-refractivity contribution in [3.63, 3.8) is 0 Å². The van der Waals surface area contributed by atoms with E-state index in [1.54, 1.807) is 20.5 Å². The standard InChI is InChI=1S/C13H14N2O2/c1-16-12-4-3-5-13(17-2)11(12)7-6-10-8-14-9-15-10/h3-9H,1-2H3,(H,14,15). The predicted molar refractivity (Wildman–Crippen MR) is 67.1 cm³/mol. The summed E-state index contributed by atoms with van der Waals surface area (Å²) in [4.78, 5) is 7.02. The Bertz CT molecular complexity index is 482. The third-order valence-corrected chi connectivity index (χ3v) is 2.41. The molecule has 0 atom stereocenters. The van der Waals surface area contributed by atoms with E-state index in [2.05, 4.69) is 9.97 Å². The van der Waals surface area contributed by atoms with Crippen LogP contribution in [0.2, 0.25) is 0 Å². The zero-order valence-corrected chi connectivity index (χ0v) is 9.81. The molecule has 1 aromatic heterocycles. The quantitative estimate of drug-likeness (QED) is 0.878. The molecule has 2 aromatic rings. The summed E-state index contributed by atoms with van der Waals surface area (Å²) in [5.41, 5.74) is 1.76. The molecule has 0 saturated carbocycles. The molecule has 17 heavy (non-hydrogen) atoms. The molecule has 0 saturated heterocycles. The molecule has 0 bridgehead atoms. The van der Waals surface area contributed by atoms with E-state index in [9.17, 15) is 0 Å². The number of nitrogens with one attached hydrogen (secondary N) is 1. The van der Waals surface area contributed by atoms with Gasteiger partial charge in [-0.15, -0.1) is 0 Å². The summed E-state index contributed by atoms with van der Waals surface area (Å²) in [5, 5.41) is 0. The second kappa shape index (κ2) is 5.21. The molecule has 0 amide bonds. The van der Waals surface area contributed by atoms with E-state index in [0.29, 0.717) is 0 Å². The minimum absolute atomic E-state index is 0.774. The number of hydrogen-bond acceptors (Lipinski definition) is 3. The smallest absolute Gasteiger partial charge is 0.129 e. The van der Waals surface area contributed by atoms with Crippen LogP contribution in [-0.4, -0.2) is 24.2 Å². The van der Waals surface area contributed by atoms with Crippen molar-refractivity contribution in [2.75, 3.05) is 14.2 Å². The molecule has 0 fully saturated rings. The molecular weight excluding hydrogens is 216 g/mol. The third-order valence-electron chi connectivity index (χ3n) is 2.41. The minimum atomic E-state index is 0.774. The van der Waals surface area contributed by atoms with E-state index in [4.69, 9.17) is 9.47 Å². The van der Waals surface area contributed by atoms with Crippen LogP contribution in [0.4, 0.5) is 0 Å². The summed E-state index contributed by atoms with van der Waals surface area (Å²) in [6, 6.07) is 5.68. The Balaban J connectivity index is 2.36. The number of rotatable bonds is 4. The van der Waals surface area contributed by atoms with Crippen LogP contribution >= 0.6 is 0 Å². The highest BCUT2D eigenvalue weighted by Gasteiger charge is 2.05. The lowest BCUT2D eigenvalue weighted by atomic mass is 10.1. The van der Waals surface area contributed by atoms with Crippen molar-refractivity contribution >= 4 is 12.2 Å². The molecule has 88 valence electrons. The maximum absolute atomic E-state index is 5.30. The van der Waals surface area contributed by atoms with Crippen molar-refractivity contribution in [3.8, 4) is 11.5 Å². The monoisotopic (exact) mass is 230 g/mol. The van der Waals surface area contributed by atoms with Gasteiger partial charge in [0.15, 0.2) is 0 Å². The van der Waals surface area contributed by atoms with Crippen molar-refractivity contribution in [1.29, 1.82) is 0 Å². The number of aromatic nitrogens is 2. The molecule has 0 unspecified atom stereocenters. The zero-order valence-electron chi connectivity index (χ0n) is 9.81. The number of hydrogen-bond donors (Lipinski definition) is 1. The second-order valence-corrected chi connectivity index (χ2v) is 3.40. The van der Waals surface area contributed by atoms with E-state index in [0.717, 1.165) is 22.8 Å². The van der Waals surface area contributed by atoms with Gasteiger partial charge in [0.05, 0.1) is 31.8 Å². The third kappa shape index (κ3) is 2.47. The van der Waals surface area contributed by atoms with Gasteiger partial charge >= 0.3 is 0 Å². The molecule has 2 rings (SSSR count). The van der Waals surface area contributed by atoms with Crippen LogP contribution < -0.4 is 9.47 Å². The first-order valence-corrected chi connectivity index (χ1v) is 5.23. The van der Waals surface area contributed by atoms with Crippen molar-refractivity contribution in [3.05, 3.63) is 42.0 Å². The average Bonchev–Trinajstić information content (AvgIpc) is 2.88. The first kappa shape index (κ1) is 11.3. The number of ether oxygens (including phenoxy) is 2. The molecule has 0 aliphatic carbocycles. The topological polar surface area (TPSA) is 47.1 Å². The van der Waals surface area contributed by atoms with E-state index in [1.807, 2.05) is 36.5 Å². The molecule has 0 aliphatic rings. The maximum Gasteiger partial charge on any atom is 0.129 e. The maximum atomic E-state index is 5.30. The fraction of sp³-hybridized carbons (Fsp3) is 0.154. The first-order valence-electron chi connectivity index (χ1n) is 5.23. The molecule has 0 radical (unpaired) electrons. The van der Waals surface area contributed by atoms with Gasteiger partial charge in [-0.25, -0.2) is 4.98 Å². The lowest BCUT2D eigenvalue weighted by Crippen LogP contribution is -1.91. The molecule has 1 aromatic carbocycles. The molecule has 4 nitrogen and oxygen atoms in total. The van der Waals surface area contributed by atoms with Crippen molar-refractivity contribution in [2.45, 2.75) is 0 Å². The Labute approximate surface area is 99.9 Å². The summed E-state index contributed by atoms with van der Waals surface area (Å²) in [5.74, 6) is 1.55. The molecule has 1 heterocycles. The highest BCUT2D eigenvalue weighted by atomic mass is 16.5. The number of H-pyrrole nitrogens is 1. The number of benzene rings is 1. The number of nitrogens with zero attached hydrogens (tertiary/aromatic N) is 1. The van der Waals surface area contributed by atoms with Gasteiger partial charge in [-0.2, -0.15) is 0 Å². The van der Waals surface area contributed by atoms with Gasteiger partial charge in [-0.05, 0) is 24.3 Å². The number of methoxy groups -OCH3 is 2. The van der Waals surface area contributed by atoms with Crippen LogP contribution in [0.5, 0.6) is 11.5 Å². The second-order valence-electron chi connectivity index (χ2n) is 3.40. The number of aromatic amines is 1. The summed E-state index contributed by atoms with van der Waals surface area (Å²) in [6.45, 7) is 0. The van der Waals surface area contributed by atoms with E-state index < -0.39 is 0 Å². The zero-order chi connectivity index (χ0) is 12.1. The molecule has 0 spiro atoms. The van der Waals surface area contributed by atoms with Crippen molar-refractivity contribution in [1.82, 2.24) is 9.97 Å². The van der Waals surface area contributed by atoms with Crippen LogP contribution in [-0.2, 0) is 0 Å². The minimum Gasteiger partial charge on any atom is -0.496 e. The first-order chi connectivity index (χ1) is 8.35. The Morgan fingerprint density at radius 3 is 2.35 bits per heavy atom. The normalized spacial score (nSPS) is 10.7. The Morgan fingerprint density at radius 1 is 1.12 bits per heavy atom. The van der Waals surface area contributed by atoms with Crippen LogP contribution in [0.25, 0.3) is 12.2 Å².